The van der Waals surface area contributed by atoms with Crippen LogP contribution < -0.4 is 14.4 Å². The molecule has 1 atom stereocenters. The number of benzene rings is 2. The minimum atomic E-state index is -3.67. The van der Waals surface area contributed by atoms with Crippen LogP contribution in [0.2, 0.25) is 0 Å². The maximum absolute atomic E-state index is 13.1. The van der Waals surface area contributed by atoms with E-state index < -0.39 is 16.1 Å². The number of aryl methyl sites for hydroxylation is 2. The number of nitrogens with one attached hydrogen (secondary N) is 1. The lowest BCUT2D eigenvalue weighted by Gasteiger charge is -2.34. The van der Waals surface area contributed by atoms with Crippen LogP contribution in [-0.2, 0) is 29.4 Å². The summed E-state index contributed by atoms with van der Waals surface area (Å²) < 4.78 is 37.2. The highest BCUT2D eigenvalue weighted by Gasteiger charge is 2.24. The lowest BCUT2D eigenvalue weighted by atomic mass is 10.1. The number of hydrogen-bond acceptors (Lipinski definition) is 6. The summed E-state index contributed by atoms with van der Waals surface area (Å²) in [6, 6.07) is 13.5. The topological polar surface area (TPSA) is 79.7 Å². The van der Waals surface area contributed by atoms with E-state index in [2.05, 4.69) is 32.6 Å². The largest absolute Gasteiger partial charge is 0.425 e. The van der Waals surface area contributed by atoms with Gasteiger partial charge in [-0.3, -0.25) is 4.57 Å². The van der Waals surface area contributed by atoms with Crippen LogP contribution in [0.25, 0.3) is 0 Å². The Morgan fingerprint density at radius 2 is 1.83 bits per heavy atom. The maximum atomic E-state index is 13.1. The van der Waals surface area contributed by atoms with Gasteiger partial charge in [0.2, 0.25) is 10.0 Å². The van der Waals surface area contributed by atoms with E-state index >= 15 is 0 Å². The van der Waals surface area contributed by atoms with Gasteiger partial charge in [-0.25, -0.2) is 18.1 Å². The number of sulfonamides is 1. The summed E-state index contributed by atoms with van der Waals surface area (Å²) in [5, 5.41) is 0. The number of aromatic nitrogens is 2. The molecule has 1 fully saturated rings. The molecule has 0 bridgehead atoms. The molecule has 36 heavy (non-hydrogen) atoms. The van der Waals surface area contributed by atoms with Gasteiger partial charge in [0.25, 0.3) is 0 Å². The third-order valence-electron chi connectivity index (χ3n) is 7.22. The lowest BCUT2D eigenvalue weighted by Crippen LogP contribution is -2.44. The molecule has 0 radical (unpaired) electrons. The van der Waals surface area contributed by atoms with Gasteiger partial charge < -0.3 is 14.5 Å². The summed E-state index contributed by atoms with van der Waals surface area (Å²) >= 11 is 0. The first-order chi connectivity index (χ1) is 17.3. The van der Waals surface area contributed by atoms with Crippen molar-refractivity contribution in [3.8, 4) is 11.8 Å². The van der Waals surface area contributed by atoms with Crippen molar-refractivity contribution in [2.24, 2.45) is 0 Å². The summed E-state index contributed by atoms with van der Waals surface area (Å²) in [7, 11) is -1.52. The molecule has 1 aliphatic carbocycles. The highest BCUT2D eigenvalue weighted by Crippen LogP contribution is 2.29. The molecular formula is C27H35N5O3S. The molecule has 2 aromatic carbocycles. The van der Waals surface area contributed by atoms with Crippen molar-refractivity contribution in [3.63, 3.8) is 0 Å². The molecule has 1 aromatic heterocycles. The predicted molar refractivity (Wildman–Crippen MR) is 141 cm³/mol. The van der Waals surface area contributed by atoms with Gasteiger partial charge in [0.15, 0.2) is 0 Å². The Balaban J connectivity index is 1.32. The Hall–Kier alpha value is -2.88. The van der Waals surface area contributed by atoms with Crippen molar-refractivity contribution >= 4 is 15.7 Å². The summed E-state index contributed by atoms with van der Waals surface area (Å²) in [5.41, 5.74) is 4.28. The Morgan fingerprint density at radius 1 is 1.06 bits per heavy atom. The van der Waals surface area contributed by atoms with Gasteiger partial charge >= 0.3 is 6.01 Å². The average Bonchev–Trinajstić information content (AvgIpc) is 3.50. The molecule has 0 saturated carbocycles. The number of hydrogen-bond donors (Lipinski definition) is 1. The molecule has 0 amide bonds. The van der Waals surface area contributed by atoms with Gasteiger partial charge in [-0.2, -0.15) is 0 Å². The number of anilines is 1. The number of likely N-dealkylation sites (N-methyl/N-ethyl adjacent to an activating group) is 1. The van der Waals surface area contributed by atoms with Crippen molar-refractivity contribution in [1.29, 1.82) is 0 Å². The minimum Gasteiger partial charge on any atom is -0.425 e. The molecule has 9 heteroatoms. The van der Waals surface area contributed by atoms with E-state index in [0.717, 1.165) is 62.4 Å². The third-order valence-corrected chi connectivity index (χ3v) is 8.76. The number of piperazine rings is 1. The Labute approximate surface area is 213 Å². The van der Waals surface area contributed by atoms with Gasteiger partial charge in [-0.05, 0) is 75.5 Å². The Bertz CT molecular complexity index is 1330. The second-order valence-electron chi connectivity index (χ2n) is 9.73. The summed E-state index contributed by atoms with van der Waals surface area (Å²) in [4.78, 5) is 9.50. The first-order valence-electron chi connectivity index (χ1n) is 12.7. The van der Waals surface area contributed by atoms with Gasteiger partial charge in [-0.15, -0.1) is 0 Å². The van der Waals surface area contributed by atoms with Gasteiger partial charge in [0, 0.05) is 44.5 Å². The summed E-state index contributed by atoms with van der Waals surface area (Å²) in [6.45, 7) is 8.48. The Morgan fingerprint density at radius 3 is 2.61 bits per heavy atom. The van der Waals surface area contributed by atoms with Gasteiger partial charge in [-0.1, -0.05) is 12.1 Å². The van der Waals surface area contributed by atoms with Crippen LogP contribution in [0.15, 0.2) is 53.6 Å². The average molecular weight is 510 g/mol. The van der Waals surface area contributed by atoms with E-state index in [0.29, 0.717) is 23.2 Å². The van der Waals surface area contributed by atoms with Crippen molar-refractivity contribution in [3.05, 3.63) is 65.5 Å². The maximum Gasteiger partial charge on any atom is 0.302 e. The number of imidazole rings is 1. The van der Waals surface area contributed by atoms with E-state index in [1.807, 2.05) is 48.7 Å². The zero-order valence-electron chi connectivity index (χ0n) is 21.3. The zero-order valence-corrected chi connectivity index (χ0v) is 22.1. The molecule has 8 nitrogen and oxygen atoms in total. The minimum absolute atomic E-state index is 0.315. The normalized spacial score (nSPS) is 17.2. The Kier molecular flexibility index (Phi) is 7.05. The first kappa shape index (κ1) is 24.8. The first-order valence-corrected chi connectivity index (χ1v) is 14.2. The van der Waals surface area contributed by atoms with Crippen LogP contribution in [0.4, 0.5) is 5.69 Å². The van der Waals surface area contributed by atoms with Crippen molar-refractivity contribution < 1.29 is 13.2 Å². The molecule has 5 rings (SSSR count). The highest BCUT2D eigenvalue weighted by atomic mass is 32.2. The van der Waals surface area contributed by atoms with Crippen LogP contribution in [0, 0.1) is 0 Å². The van der Waals surface area contributed by atoms with Crippen molar-refractivity contribution in [2.75, 3.05) is 38.1 Å². The molecule has 1 saturated heterocycles. The van der Waals surface area contributed by atoms with E-state index in [1.165, 1.54) is 5.56 Å². The van der Waals surface area contributed by atoms with Crippen LogP contribution in [-0.4, -0.2) is 56.1 Å². The highest BCUT2D eigenvalue weighted by molar-refractivity contribution is 7.89. The van der Waals surface area contributed by atoms with E-state index in [1.54, 1.807) is 12.3 Å². The van der Waals surface area contributed by atoms with Crippen LogP contribution in [0.5, 0.6) is 11.8 Å². The molecule has 0 spiro atoms. The molecule has 192 valence electrons. The second kappa shape index (κ2) is 10.2. The van der Waals surface area contributed by atoms with Crippen molar-refractivity contribution in [1.82, 2.24) is 19.2 Å². The smallest absolute Gasteiger partial charge is 0.302 e. The quantitative estimate of drug-likeness (QED) is 0.495. The molecule has 1 aliphatic heterocycles. The predicted octanol–water partition coefficient (Wildman–Crippen LogP) is 3.98. The second-order valence-corrected chi connectivity index (χ2v) is 11.4. The standard InChI is InChI=1S/C27H35N5O3S/c1-4-32-26(20(2)29-36(33,34)25-12-11-21-7-5-8-22(21)17-25)19-28-27(32)35-24-10-6-9-23(18-24)31-15-13-30(3)14-16-31/h6,9-12,17-20,29H,4-5,7-8,13-16H2,1-3H3. The molecule has 1 unspecified atom stereocenters. The lowest BCUT2D eigenvalue weighted by molar-refractivity contribution is 0.312. The molecule has 3 aromatic rings. The zero-order chi connectivity index (χ0) is 25.3. The fourth-order valence-corrected chi connectivity index (χ4v) is 6.37. The van der Waals surface area contributed by atoms with Gasteiger partial charge in [0.1, 0.15) is 5.75 Å². The molecule has 2 heterocycles. The van der Waals surface area contributed by atoms with E-state index in [9.17, 15) is 8.42 Å². The molecular weight excluding hydrogens is 474 g/mol. The monoisotopic (exact) mass is 509 g/mol. The third kappa shape index (κ3) is 5.14. The van der Waals surface area contributed by atoms with Crippen molar-refractivity contribution in [2.45, 2.75) is 50.6 Å². The number of nitrogens with zero attached hydrogens (tertiary/aromatic N) is 4. The number of rotatable bonds is 8. The van der Waals surface area contributed by atoms with Crippen LogP contribution in [0.1, 0.15) is 43.1 Å². The van der Waals surface area contributed by atoms with E-state index in [4.69, 9.17) is 4.74 Å². The number of fused-ring (bicyclic) bond motifs is 1. The molecule has 2 aliphatic rings. The summed E-state index contributed by atoms with van der Waals surface area (Å²) in [6.07, 6.45) is 4.74. The SMILES string of the molecule is CCn1c(C(C)NS(=O)(=O)c2ccc3c(c2)CCC3)cnc1Oc1cccc(N2CCN(C)CC2)c1. The van der Waals surface area contributed by atoms with Gasteiger partial charge in [0.05, 0.1) is 22.8 Å². The van der Waals surface area contributed by atoms with E-state index in [-0.39, 0.29) is 0 Å². The summed E-state index contributed by atoms with van der Waals surface area (Å²) in [5.74, 6) is 0.713. The van der Waals surface area contributed by atoms with Crippen LogP contribution in [0.3, 0.4) is 0 Å². The fraction of sp³-hybridized carbons (Fsp3) is 0.444. The number of ether oxygens (including phenoxy) is 1. The van der Waals surface area contributed by atoms with Crippen LogP contribution >= 0.6 is 0 Å². The molecule has 1 N–H and O–H groups in total. The fourth-order valence-electron chi connectivity index (χ4n) is 5.11.